The van der Waals surface area contributed by atoms with E-state index in [4.69, 9.17) is 5.73 Å². The predicted molar refractivity (Wildman–Crippen MR) is 69.4 cm³/mol. The number of nitrogens with one attached hydrogen (secondary N) is 1. The summed E-state index contributed by atoms with van der Waals surface area (Å²) in [7, 11) is 0. The highest BCUT2D eigenvalue weighted by Gasteiger charge is 2.09. The van der Waals surface area contributed by atoms with Crippen LogP contribution in [0.1, 0.15) is 0 Å². The minimum absolute atomic E-state index is 0.174. The number of aromatic amines is 1. The Morgan fingerprint density at radius 1 is 1.47 bits per heavy atom. The fourth-order valence-electron chi connectivity index (χ4n) is 1.22. The van der Waals surface area contributed by atoms with E-state index in [1.54, 1.807) is 0 Å². The van der Waals surface area contributed by atoms with Crippen LogP contribution in [-0.4, -0.2) is 26.8 Å². The smallest absolute Gasteiger partial charge is 0.227 e. The van der Waals surface area contributed by atoms with Gasteiger partial charge in [0, 0.05) is 10.0 Å². The average Bonchev–Trinajstić information content (AvgIpc) is 2.75. The Hall–Kier alpha value is -1.34. The zero-order valence-electron chi connectivity index (χ0n) is 8.68. The lowest BCUT2D eigenvalue weighted by Gasteiger charge is -1.97. The molecule has 0 aliphatic carbocycles. The second kappa shape index (κ2) is 5.33. The highest BCUT2D eigenvalue weighted by molar-refractivity contribution is 9.10. The minimum atomic E-state index is -0.387. The molecular weight excluding hydrogens is 304 g/mol. The van der Waals surface area contributed by atoms with Crippen LogP contribution in [0.15, 0.2) is 33.9 Å². The van der Waals surface area contributed by atoms with E-state index in [-0.39, 0.29) is 11.7 Å². The third-order valence-corrected chi connectivity index (χ3v) is 3.50. The van der Waals surface area contributed by atoms with E-state index >= 15 is 0 Å². The molecule has 1 aromatic carbocycles. The number of H-pyrrole nitrogens is 1. The largest absolute Gasteiger partial charge is 0.369 e. The Morgan fingerprint density at radius 2 is 2.24 bits per heavy atom. The summed E-state index contributed by atoms with van der Waals surface area (Å²) in [6.45, 7) is 0. The Morgan fingerprint density at radius 3 is 2.94 bits per heavy atom. The second-order valence-corrected chi connectivity index (χ2v) is 5.00. The molecule has 0 unspecified atom stereocenters. The number of hydrogen-bond donors (Lipinski definition) is 2. The Bertz CT molecular complexity index is 543. The van der Waals surface area contributed by atoms with Gasteiger partial charge >= 0.3 is 0 Å². The van der Waals surface area contributed by atoms with Gasteiger partial charge in [0.25, 0.3) is 0 Å². The molecule has 1 amide bonds. The first-order chi connectivity index (χ1) is 8.16. The first-order valence-electron chi connectivity index (χ1n) is 4.75. The maximum Gasteiger partial charge on any atom is 0.227 e. The molecule has 0 saturated carbocycles. The van der Waals surface area contributed by atoms with E-state index in [0.717, 1.165) is 10.0 Å². The number of carbonyl (C=O) groups is 1. The second-order valence-electron chi connectivity index (χ2n) is 3.20. The van der Waals surface area contributed by atoms with Gasteiger partial charge in [0.05, 0.1) is 5.75 Å². The molecule has 88 valence electrons. The first kappa shape index (κ1) is 12.1. The van der Waals surface area contributed by atoms with Crippen molar-refractivity contribution in [3.8, 4) is 11.4 Å². The number of thioether (sulfide) groups is 1. The summed E-state index contributed by atoms with van der Waals surface area (Å²) in [5, 5.41) is 7.34. The van der Waals surface area contributed by atoms with Crippen LogP contribution < -0.4 is 5.73 Å². The average molecular weight is 313 g/mol. The van der Waals surface area contributed by atoms with Crippen LogP contribution in [0.5, 0.6) is 0 Å². The molecule has 2 aromatic rings. The summed E-state index contributed by atoms with van der Waals surface area (Å²) < 4.78 is 0.933. The van der Waals surface area contributed by atoms with Crippen molar-refractivity contribution in [2.45, 2.75) is 5.16 Å². The van der Waals surface area contributed by atoms with Gasteiger partial charge in [-0.1, -0.05) is 45.9 Å². The van der Waals surface area contributed by atoms with E-state index in [2.05, 4.69) is 31.1 Å². The number of primary amides is 1. The van der Waals surface area contributed by atoms with Crippen molar-refractivity contribution < 1.29 is 4.79 Å². The Labute approximate surface area is 110 Å². The molecule has 5 nitrogen and oxygen atoms in total. The summed E-state index contributed by atoms with van der Waals surface area (Å²) in [5.74, 6) is 0.444. The van der Waals surface area contributed by atoms with Crippen molar-refractivity contribution in [2.24, 2.45) is 5.73 Å². The van der Waals surface area contributed by atoms with Crippen LogP contribution in [0, 0.1) is 0 Å². The highest BCUT2D eigenvalue weighted by Crippen LogP contribution is 2.26. The van der Waals surface area contributed by atoms with Gasteiger partial charge in [-0.15, -0.1) is 5.10 Å². The highest BCUT2D eigenvalue weighted by atomic mass is 79.9. The van der Waals surface area contributed by atoms with Crippen molar-refractivity contribution in [1.29, 1.82) is 0 Å². The molecule has 3 N–H and O–H groups in total. The molecule has 7 heteroatoms. The number of amides is 1. The Kier molecular flexibility index (Phi) is 3.80. The quantitative estimate of drug-likeness (QED) is 0.843. The summed E-state index contributed by atoms with van der Waals surface area (Å²) in [6.07, 6.45) is 0. The van der Waals surface area contributed by atoms with E-state index in [1.807, 2.05) is 24.3 Å². The zero-order valence-corrected chi connectivity index (χ0v) is 11.1. The van der Waals surface area contributed by atoms with Crippen molar-refractivity contribution in [2.75, 3.05) is 5.75 Å². The number of aromatic nitrogens is 3. The van der Waals surface area contributed by atoms with Crippen molar-refractivity contribution >= 4 is 33.6 Å². The lowest BCUT2D eigenvalue weighted by atomic mass is 10.2. The topological polar surface area (TPSA) is 84.7 Å². The standard InChI is InChI=1S/C10H9BrN4OS/c11-7-4-2-1-3-6(7)9-13-10(15-14-9)17-5-8(12)16/h1-4H,5H2,(H2,12,16)(H,13,14,15). The molecule has 1 heterocycles. The number of nitrogens with two attached hydrogens (primary N) is 1. The molecule has 0 bridgehead atoms. The predicted octanol–water partition coefficient (Wildman–Crippen LogP) is 1.81. The number of hydrogen-bond acceptors (Lipinski definition) is 4. The fraction of sp³-hybridized carbons (Fsp3) is 0.100. The van der Waals surface area contributed by atoms with Crippen LogP contribution in [0.2, 0.25) is 0 Å². The third-order valence-electron chi connectivity index (χ3n) is 1.94. The van der Waals surface area contributed by atoms with Crippen LogP contribution >= 0.6 is 27.7 Å². The van der Waals surface area contributed by atoms with E-state index < -0.39 is 0 Å². The first-order valence-corrected chi connectivity index (χ1v) is 6.53. The summed E-state index contributed by atoms with van der Waals surface area (Å²) >= 11 is 4.64. The van der Waals surface area contributed by atoms with Gasteiger partial charge in [0.15, 0.2) is 5.82 Å². The van der Waals surface area contributed by atoms with Gasteiger partial charge in [0.1, 0.15) is 0 Å². The molecule has 0 atom stereocenters. The number of rotatable bonds is 4. The molecule has 0 radical (unpaired) electrons. The number of benzene rings is 1. The van der Waals surface area contributed by atoms with Gasteiger partial charge in [-0.2, -0.15) is 0 Å². The number of halogens is 1. The molecule has 17 heavy (non-hydrogen) atoms. The molecule has 0 fully saturated rings. The maximum absolute atomic E-state index is 10.6. The van der Waals surface area contributed by atoms with Crippen LogP contribution in [0.4, 0.5) is 0 Å². The summed E-state index contributed by atoms with van der Waals surface area (Å²) in [5.41, 5.74) is 5.97. The molecule has 0 aliphatic rings. The zero-order chi connectivity index (χ0) is 12.3. The lowest BCUT2D eigenvalue weighted by Crippen LogP contribution is -2.13. The third kappa shape index (κ3) is 3.07. The Balaban J connectivity index is 2.18. The van der Waals surface area contributed by atoms with Gasteiger partial charge < -0.3 is 5.73 Å². The summed E-state index contributed by atoms with van der Waals surface area (Å²) in [4.78, 5) is 14.9. The monoisotopic (exact) mass is 312 g/mol. The van der Waals surface area contributed by atoms with Crippen molar-refractivity contribution in [3.05, 3.63) is 28.7 Å². The van der Waals surface area contributed by atoms with Gasteiger partial charge in [-0.25, -0.2) is 4.98 Å². The van der Waals surface area contributed by atoms with Gasteiger partial charge in [-0.05, 0) is 6.07 Å². The van der Waals surface area contributed by atoms with Crippen LogP contribution in [0.25, 0.3) is 11.4 Å². The lowest BCUT2D eigenvalue weighted by molar-refractivity contribution is -0.115. The minimum Gasteiger partial charge on any atom is -0.369 e. The van der Waals surface area contributed by atoms with Crippen LogP contribution in [0.3, 0.4) is 0 Å². The fourth-order valence-corrected chi connectivity index (χ4v) is 2.23. The normalized spacial score (nSPS) is 10.4. The molecule has 0 spiro atoms. The molecule has 0 aliphatic heterocycles. The van der Waals surface area contributed by atoms with Gasteiger partial charge in [-0.3, -0.25) is 9.89 Å². The molecular formula is C10H9BrN4OS. The number of nitrogens with zero attached hydrogens (tertiary/aromatic N) is 2. The molecule has 1 aromatic heterocycles. The summed E-state index contributed by atoms with van der Waals surface area (Å²) in [6, 6.07) is 7.69. The van der Waals surface area contributed by atoms with E-state index in [1.165, 1.54) is 11.8 Å². The SMILES string of the molecule is NC(=O)CSc1n[nH]c(-c2ccccc2Br)n1. The number of carbonyl (C=O) groups excluding carboxylic acids is 1. The maximum atomic E-state index is 10.6. The molecule has 0 saturated heterocycles. The van der Waals surface area contributed by atoms with E-state index in [0.29, 0.717) is 11.0 Å². The molecule has 2 rings (SSSR count). The van der Waals surface area contributed by atoms with Crippen LogP contribution in [-0.2, 0) is 4.79 Å². The van der Waals surface area contributed by atoms with E-state index in [9.17, 15) is 4.79 Å². The van der Waals surface area contributed by atoms with Gasteiger partial charge in [0.2, 0.25) is 11.1 Å². The van der Waals surface area contributed by atoms with Crippen molar-refractivity contribution in [3.63, 3.8) is 0 Å². The van der Waals surface area contributed by atoms with Crippen molar-refractivity contribution in [1.82, 2.24) is 15.2 Å².